The van der Waals surface area contributed by atoms with E-state index in [0.717, 1.165) is 0 Å². The maximum absolute atomic E-state index is 12.5. The zero-order valence-corrected chi connectivity index (χ0v) is 13.1. The Morgan fingerprint density at radius 1 is 1.48 bits per heavy atom. The molecule has 0 N–H and O–H groups in total. The number of benzene rings is 1. The summed E-state index contributed by atoms with van der Waals surface area (Å²) in [5, 5.41) is 8.93. The van der Waals surface area contributed by atoms with Gasteiger partial charge in [-0.25, -0.2) is 13.4 Å². The maximum atomic E-state index is 12.5. The SMILES string of the molecule is CN(Cc1nccn1C)S(=O)(=O)c1ccc(C#N)c(Cl)c1. The summed E-state index contributed by atoms with van der Waals surface area (Å²) in [6, 6.07) is 5.94. The molecule has 0 saturated carbocycles. The number of hydrogen-bond donors (Lipinski definition) is 0. The van der Waals surface area contributed by atoms with Gasteiger partial charge in [-0.3, -0.25) is 0 Å². The molecule has 1 aromatic heterocycles. The van der Waals surface area contributed by atoms with Crippen LogP contribution >= 0.6 is 11.6 Å². The average Bonchev–Trinajstić information content (AvgIpc) is 2.84. The van der Waals surface area contributed by atoms with Crippen molar-refractivity contribution in [2.24, 2.45) is 7.05 Å². The van der Waals surface area contributed by atoms with Crippen molar-refractivity contribution in [2.45, 2.75) is 11.4 Å². The lowest BCUT2D eigenvalue weighted by atomic mass is 10.2. The molecule has 21 heavy (non-hydrogen) atoms. The van der Waals surface area contributed by atoms with Crippen LogP contribution in [0.15, 0.2) is 35.5 Å². The lowest BCUT2D eigenvalue weighted by Crippen LogP contribution is -2.27. The molecule has 1 aromatic carbocycles. The molecule has 1 heterocycles. The van der Waals surface area contributed by atoms with Crippen LogP contribution in [0.3, 0.4) is 0 Å². The first kappa shape index (κ1) is 15.5. The van der Waals surface area contributed by atoms with E-state index in [2.05, 4.69) is 4.98 Å². The highest BCUT2D eigenvalue weighted by atomic mass is 35.5. The third-order valence-electron chi connectivity index (χ3n) is 3.05. The molecular weight excluding hydrogens is 312 g/mol. The van der Waals surface area contributed by atoms with E-state index in [4.69, 9.17) is 16.9 Å². The third kappa shape index (κ3) is 3.08. The van der Waals surface area contributed by atoms with Gasteiger partial charge in [-0.2, -0.15) is 9.57 Å². The number of imidazole rings is 1. The van der Waals surface area contributed by atoms with E-state index in [1.807, 2.05) is 6.07 Å². The fourth-order valence-electron chi connectivity index (χ4n) is 1.76. The van der Waals surface area contributed by atoms with E-state index in [1.54, 1.807) is 24.0 Å². The predicted molar refractivity (Wildman–Crippen MR) is 78.0 cm³/mol. The summed E-state index contributed by atoms with van der Waals surface area (Å²) in [5.74, 6) is 0.626. The Labute approximate surface area is 128 Å². The van der Waals surface area contributed by atoms with Gasteiger partial charge in [0.2, 0.25) is 10.0 Å². The molecule has 0 unspecified atom stereocenters. The molecule has 0 atom stereocenters. The number of sulfonamides is 1. The van der Waals surface area contributed by atoms with Crippen molar-refractivity contribution in [2.75, 3.05) is 7.05 Å². The molecule has 2 rings (SSSR count). The van der Waals surface area contributed by atoms with Crippen LogP contribution in [0.1, 0.15) is 11.4 Å². The van der Waals surface area contributed by atoms with Gasteiger partial charge in [-0.15, -0.1) is 0 Å². The van der Waals surface area contributed by atoms with Crippen molar-refractivity contribution in [3.8, 4) is 6.07 Å². The first-order valence-electron chi connectivity index (χ1n) is 5.98. The molecule has 0 bridgehead atoms. The number of halogens is 1. The second-order valence-electron chi connectivity index (χ2n) is 4.47. The van der Waals surface area contributed by atoms with E-state index in [0.29, 0.717) is 5.82 Å². The molecule has 0 aliphatic heterocycles. The van der Waals surface area contributed by atoms with Crippen LogP contribution in [0.2, 0.25) is 5.02 Å². The lowest BCUT2D eigenvalue weighted by Gasteiger charge is -2.17. The highest BCUT2D eigenvalue weighted by molar-refractivity contribution is 7.89. The molecule has 6 nitrogen and oxygen atoms in total. The first-order chi connectivity index (χ1) is 9.86. The predicted octanol–water partition coefficient (Wildman–Crippen LogP) is 1.77. The molecule has 0 amide bonds. The molecule has 0 saturated heterocycles. The second kappa shape index (κ2) is 5.85. The monoisotopic (exact) mass is 324 g/mol. The molecule has 0 fully saturated rings. The van der Waals surface area contributed by atoms with Gasteiger partial charge < -0.3 is 4.57 Å². The standard InChI is InChI=1S/C13H13ClN4O2S/c1-17-6-5-16-13(17)9-18(2)21(19,20)11-4-3-10(8-15)12(14)7-11/h3-7H,9H2,1-2H3. The van der Waals surface area contributed by atoms with Gasteiger partial charge in [0.1, 0.15) is 11.9 Å². The van der Waals surface area contributed by atoms with Crippen molar-refractivity contribution in [1.29, 1.82) is 5.26 Å². The smallest absolute Gasteiger partial charge is 0.243 e. The summed E-state index contributed by atoms with van der Waals surface area (Å²) < 4.78 is 27.9. The topological polar surface area (TPSA) is 79.0 Å². The molecule has 8 heteroatoms. The van der Waals surface area contributed by atoms with Gasteiger partial charge in [0, 0.05) is 26.5 Å². The Morgan fingerprint density at radius 2 is 2.19 bits per heavy atom. The quantitative estimate of drug-likeness (QED) is 0.858. The van der Waals surface area contributed by atoms with Gasteiger partial charge in [-0.05, 0) is 18.2 Å². The van der Waals surface area contributed by atoms with E-state index >= 15 is 0 Å². The summed E-state index contributed by atoms with van der Waals surface area (Å²) >= 11 is 5.89. The highest BCUT2D eigenvalue weighted by Crippen LogP contribution is 2.23. The minimum Gasteiger partial charge on any atom is -0.337 e. The number of hydrogen-bond acceptors (Lipinski definition) is 4. The molecule has 110 valence electrons. The molecule has 0 aliphatic rings. The summed E-state index contributed by atoms with van der Waals surface area (Å²) in [6.07, 6.45) is 3.35. The molecule has 0 radical (unpaired) electrons. The van der Waals surface area contributed by atoms with Crippen molar-refractivity contribution in [3.05, 3.63) is 47.0 Å². The minimum absolute atomic E-state index is 0.0446. The number of nitrogens with zero attached hydrogens (tertiary/aromatic N) is 4. The van der Waals surface area contributed by atoms with Crippen LogP contribution in [0.5, 0.6) is 0 Å². The van der Waals surface area contributed by atoms with E-state index < -0.39 is 10.0 Å². The van der Waals surface area contributed by atoms with Crippen molar-refractivity contribution in [1.82, 2.24) is 13.9 Å². The Kier molecular flexibility index (Phi) is 4.32. The number of aryl methyl sites for hydroxylation is 1. The van der Waals surface area contributed by atoms with Gasteiger partial charge in [0.25, 0.3) is 0 Å². The molecular formula is C13H13ClN4O2S. The van der Waals surface area contributed by atoms with Crippen molar-refractivity contribution < 1.29 is 8.42 Å². The minimum atomic E-state index is -3.69. The Morgan fingerprint density at radius 3 is 2.71 bits per heavy atom. The van der Waals surface area contributed by atoms with Crippen LogP contribution < -0.4 is 0 Å². The van der Waals surface area contributed by atoms with Crippen LogP contribution in [0.4, 0.5) is 0 Å². The van der Waals surface area contributed by atoms with Gasteiger partial charge in [0.15, 0.2) is 0 Å². The largest absolute Gasteiger partial charge is 0.337 e. The Hall–Kier alpha value is -1.88. The Balaban J connectivity index is 2.31. The summed E-state index contributed by atoms with van der Waals surface area (Å²) in [5.41, 5.74) is 0.238. The van der Waals surface area contributed by atoms with Gasteiger partial charge in [0.05, 0.1) is 22.0 Å². The van der Waals surface area contributed by atoms with E-state index in [-0.39, 0.29) is 22.0 Å². The van der Waals surface area contributed by atoms with Crippen LogP contribution in [-0.4, -0.2) is 29.3 Å². The van der Waals surface area contributed by atoms with E-state index in [1.165, 1.54) is 29.6 Å². The van der Waals surface area contributed by atoms with Crippen LogP contribution in [0, 0.1) is 11.3 Å². The average molecular weight is 325 g/mol. The van der Waals surface area contributed by atoms with Gasteiger partial charge in [-0.1, -0.05) is 11.6 Å². The number of nitriles is 1. The third-order valence-corrected chi connectivity index (χ3v) is 5.17. The highest BCUT2D eigenvalue weighted by Gasteiger charge is 2.23. The van der Waals surface area contributed by atoms with E-state index in [9.17, 15) is 8.42 Å². The van der Waals surface area contributed by atoms with Crippen LogP contribution in [0.25, 0.3) is 0 Å². The van der Waals surface area contributed by atoms with Crippen molar-refractivity contribution >= 4 is 21.6 Å². The Bertz CT molecular complexity index is 808. The maximum Gasteiger partial charge on any atom is 0.243 e. The molecule has 0 aliphatic carbocycles. The van der Waals surface area contributed by atoms with Crippen molar-refractivity contribution in [3.63, 3.8) is 0 Å². The summed E-state index contributed by atoms with van der Waals surface area (Å²) in [7, 11) is -0.432. The lowest BCUT2D eigenvalue weighted by molar-refractivity contribution is 0.451. The molecule has 0 spiro atoms. The molecule has 2 aromatic rings. The number of aromatic nitrogens is 2. The zero-order chi connectivity index (χ0) is 15.6. The number of rotatable bonds is 4. The fraction of sp³-hybridized carbons (Fsp3) is 0.231. The summed E-state index contributed by atoms with van der Waals surface area (Å²) in [4.78, 5) is 4.14. The second-order valence-corrected chi connectivity index (χ2v) is 6.92. The first-order valence-corrected chi connectivity index (χ1v) is 7.80. The fourth-order valence-corrected chi connectivity index (χ4v) is 3.20. The normalized spacial score (nSPS) is 11.6. The zero-order valence-electron chi connectivity index (χ0n) is 11.5. The van der Waals surface area contributed by atoms with Crippen LogP contribution in [-0.2, 0) is 23.6 Å². The summed E-state index contributed by atoms with van der Waals surface area (Å²) in [6.45, 7) is 0.142. The van der Waals surface area contributed by atoms with Gasteiger partial charge >= 0.3 is 0 Å².